The van der Waals surface area contributed by atoms with Gasteiger partial charge in [0.2, 0.25) is 0 Å². The molecule has 0 bridgehead atoms. The molecule has 5 heteroatoms. The van der Waals surface area contributed by atoms with Crippen molar-refractivity contribution < 1.29 is 9.84 Å². The second-order valence-electron chi connectivity index (χ2n) is 4.28. The molecule has 0 radical (unpaired) electrons. The Kier molecular flexibility index (Phi) is 5.19. The van der Waals surface area contributed by atoms with E-state index in [-0.39, 0.29) is 6.61 Å². The Hall–Kier alpha value is -1.10. The van der Waals surface area contributed by atoms with Gasteiger partial charge in [-0.05, 0) is 31.0 Å². The Morgan fingerprint density at radius 3 is 3.00 bits per heavy atom. The highest BCUT2D eigenvalue weighted by atomic mass is 35.5. The maximum absolute atomic E-state index is 8.93. The molecule has 0 spiro atoms. The maximum atomic E-state index is 8.93. The normalized spacial score (nSPS) is 10.7. The molecule has 0 aliphatic rings. The van der Waals surface area contributed by atoms with Crippen molar-refractivity contribution in [3.8, 4) is 5.75 Å². The van der Waals surface area contributed by atoms with Gasteiger partial charge < -0.3 is 9.84 Å². The molecular formula is C14H16ClNO2S. The number of aryl methyl sites for hydroxylation is 2. The molecule has 1 aromatic carbocycles. The van der Waals surface area contributed by atoms with E-state index in [0.717, 1.165) is 34.9 Å². The number of benzene rings is 1. The quantitative estimate of drug-likeness (QED) is 0.828. The molecule has 1 N–H and O–H groups in total. The first-order chi connectivity index (χ1) is 9.19. The van der Waals surface area contributed by atoms with Crippen LogP contribution in [0.5, 0.6) is 5.75 Å². The lowest BCUT2D eigenvalue weighted by atomic mass is 10.2. The minimum absolute atomic E-state index is 0.00585. The molecule has 1 heterocycles. The van der Waals surface area contributed by atoms with Crippen molar-refractivity contribution in [2.24, 2.45) is 0 Å². The van der Waals surface area contributed by atoms with E-state index in [0.29, 0.717) is 11.6 Å². The summed E-state index contributed by atoms with van der Waals surface area (Å²) in [5, 5.41) is 12.5. The molecule has 2 rings (SSSR count). The molecule has 0 saturated carbocycles. The van der Waals surface area contributed by atoms with Crippen LogP contribution in [0.25, 0.3) is 0 Å². The van der Waals surface area contributed by atoms with Crippen LogP contribution in [0.3, 0.4) is 0 Å². The lowest BCUT2D eigenvalue weighted by Gasteiger charge is -2.08. The fraction of sp³-hybridized carbons (Fsp3) is 0.357. The molecule has 1 aromatic heterocycles. The Labute approximate surface area is 121 Å². The first-order valence-electron chi connectivity index (χ1n) is 6.12. The smallest absolute Gasteiger partial charge is 0.138 e. The van der Waals surface area contributed by atoms with Crippen molar-refractivity contribution >= 4 is 22.9 Å². The van der Waals surface area contributed by atoms with Crippen LogP contribution >= 0.6 is 22.9 Å². The zero-order valence-corrected chi connectivity index (χ0v) is 12.3. The van der Waals surface area contributed by atoms with Crippen molar-refractivity contribution in [2.75, 3.05) is 6.61 Å². The molecule has 3 nitrogen and oxygen atoms in total. The summed E-state index contributed by atoms with van der Waals surface area (Å²) < 4.78 is 5.67. The van der Waals surface area contributed by atoms with Crippen LogP contribution in [0.1, 0.15) is 22.7 Å². The number of hydrogen-bond donors (Lipinski definition) is 1. The number of aromatic nitrogens is 1. The molecule has 0 aliphatic heterocycles. The van der Waals surface area contributed by atoms with Gasteiger partial charge in [0.15, 0.2) is 0 Å². The second kappa shape index (κ2) is 6.89. The first kappa shape index (κ1) is 14.3. The number of nitrogens with zero attached hydrogens (tertiary/aromatic N) is 1. The average Bonchev–Trinajstić information content (AvgIpc) is 2.86. The van der Waals surface area contributed by atoms with Crippen molar-refractivity contribution in [2.45, 2.75) is 26.4 Å². The molecular weight excluding hydrogens is 282 g/mol. The van der Waals surface area contributed by atoms with Gasteiger partial charge in [-0.15, -0.1) is 11.3 Å². The predicted molar refractivity (Wildman–Crippen MR) is 78.0 cm³/mol. The summed E-state index contributed by atoms with van der Waals surface area (Å²) in [5.41, 5.74) is 1.87. The highest BCUT2D eigenvalue weighted by molar-refractivity contribution is 7.09. The highest BCUT2D eigenvalue weighted by Gasteiger charge is 2.03. The van der Waals surface area contributed by atoms with Crippen LogP contribution in [0.4, 0.5) is 0 Å². The second-order valence-corrected chi connectivity index (χ2v) is 5.63. The van der Waals surface area contributed by atoms with Crippen molar-refractivity contribution in [3.63, 3.8) is 0 Å². The number of halogens is 1. The molecule has 2 aromatic rings. The van der Waals surface area contributed by atoms with Gasteiger partial charge in [0.1, 0.15) is 5.75 Å². The van der Waals surface area contributed by atoms with Gasteiger partial charge in [0.25, 0.3) is 0 Å². The minimum atomic E-state index is 0.00585. The standard InChI is InChI=1S/C14H16ClNO2S/c1-10-4-5-12(15)13(7-10)18-6-2-3-14-16-11(8-17)9-19-14/h4-5,7,9,17H,2-3,6,8H2,1H3. The maximum Gasteiger partial charge on any atom is 0.138 e. The monoisotopic (exact) mass is 297 g/mol. The van der Waals surface area contributed by atoms with Gasteiger partial charge >= 0.3 is 0 Å². The highest BCUT2D eigenvalue weighted by Crippen LogP contribution is 2.25. The lowest BCUT2D eigenvalue weighted by Crippen LogP contribution is -2.00. The Bertz CT molecular complexity index is 542. The van der Waals surface area contributed by atoms with Gasteiger partial charge in [-0.2, -0.15) is 0 Å². The van der Waals surface area contributed by atoms with E-state index in [1.165, 1.54) is 0 Å². The van der Waals surface area contributed by atoms with Crippen molar-refractivity contribution in [3.05, 3.63) is 44.9 Å². The van der Waals surface area contributed by atoms with Crippen molar-refractivity contribution in [1.29, 1.82) is 0 Å². The summed E-state index contributed by atoms with van der Waals surface area (Å²) in [6.45, 7) is 2.62. The summed E-state index contributed by atoms with van der Waals surface area (Å²) in [7, 11) is 0. The molecule has 0 amide bonds. The molecule has 0 aliphatic carbocycles. The molecule has 0 saturated heterocycles. The number of ether oxygens (including phenoxy) is 1. The largest absolute Gasteiger partial charge is 0.492 e. The Morgan fingerprint density at radius 1 is 1.42 bits per heavy atom. The van der Waals surface area contributed by atoms with E-state index in [1.807, 2.05) is 30.5 Å². The van der Waals surface area contributed by atoms with Crippen LogP contribution in [0.2, 0.25) is 5.02 Å². The topological polar surface area (TPSA) is 42.4 Å². The summed E-state index contributed by atoms with van der Waals surface area (Å²) in [4.78, 5) is 4.29. The molecule has 19 heavy (non-hydrogen) atoms. The van der Waals surface area contributed by atoms with Gasteiger partial charge in [0.05, 0.1) is 28.9 Å². The summed E-state index contributed by atoms with van der Waals surface area (Å²) >= 11 is 7.62. The van der Waals surface area contributed by atoms with Gasteiger partial charge in [-0.25, -0.2) is 4.98 Å². The Balaban J connectivity index is 1.79. The van der Waals surface area contributed by atoms with Crippen molar-refractivity contribution in [1.82, 2.24) is 4.98 Å². The molecule has 0 atom stereocenters. The fourth-order valence-electron chi connectivity index (χ4n) is 1.66. The van der Waals surface area contributed by atoms with E-state index in [4.69, 9.17) is 21.4 Å². The third-order valence-electron chi connectivity index (χ3n) is 2.64. The van der Waals surface area contributed by atoms with E-state index in [9.17, 15) is 0 Å². The minimum Gasteiger partial charge on any atom is -0.492 e. The average molecular weight is 298 g/mol. The molecule has 0 unspecified atom stereocenters. The van der Waals surface area contributed by atoms with Gasteiger partial charge in [-0.3, -0.25) is 0 Å². The van der Waals surface area contributed by atoms with Crippen LogP contribution < -0.4 is 4.74 Å². The first-order valence-corrected chi connectivity index (χ1v) is 7.38. The number of aliphatic hydroxyl groups is 1. The van der Waals surface area contributed by atoms with E-state index < -0.39 is 0 Å². The molecule has 0 fully saturated rings. The zero-order chi connectivity index (χ0) is 13.7. The number of aliphatic hydroxyl groups excluding tert-OH is 1. The zero-order valence-electron chi connectivity index (χ0n) is 10.7. The molecule has 102 valence electrons. The SMILES string of the molecule is Cc1ccc(Cl)c(OCCCc2nc(CO)cs2)c1. The number of rotatable bonds is 6. The van der Waals surface area contributed by atoms with E-state index >= 15 is 0 Å². The third kappa shape index (κ3) is 4.20. The Morgan fingerprint density at radius 2 is 2.26 bits per heavy atom. The van der Waals surface area contributed by atoms with Crippen LogP contribution in [0.15, 0.2) is 23.6 Å². The van der Waals surface area contributed by atoms with E-state index in [2.05, 4.69) is 4.98 Å². The number of thiazole rings is 1. The summed E-state index contributed by atoms with van der Waals surface area (Å²) in [5.74, 6) is 0.733. The van der Waals surface area contributed by atoms with Gasteiger partial charge in [0, 0.05) is 11.8 Å². The van der Waals surface area contributed by atoms with Gasteiger partial charge in [-0.1, -0.05) is 17.7 Å². The van der Waals surface area contributed by atoms with E-state index in [1.54, 1.807) is 11.3 Å². The predicted octanol–water partition coefficient (Wildman–Crippen LogP) is 3.61. The third-order valence-corrected chi connectivity index (χ3v) is 3.91. The lowest BCUT2D eigenvalue weighted by molar-refractivity contribution is 0.277. The van der Waals surface area contributed by atoms with Crippen LogP contribution in [-0.4, -0.2) is 16.7 Å². The summed E-state index contributed by atoms with van der Waals surface area (Å²) in [6.07, 6.45) is 1.73. The summed E-state index contributed by atoms with van der Waals surface area (Å²) in [6, 6.07) is 5.75. The van der Waals surface area contributed by atoms with Crippen LogP contribution in [-0.2, 0) is 13.0 Å². The fourth-order valence-corrected chi connectivity index (χ4v) is 2.67. The van der Waals surface area contributed by atoms with Crippen LogP contribution in [0, 0.1) is 6.92 Å². The number of hydrogen-bond acceptors (Lipinski definition) is 4.